The molecule has 2 heterocycles. The molecule has 3 unspecified atom stereocenters. The molecule has 0 aromatic carbocycles. The van der Waals surface area contributed by atoms with Gasteiger partial charge in [0.05, 0.1) is 12.1 Å². The summed E-state index contributed by atoms with van der Waals surface area (Å²) in [6.07, 6.45) is -3.42. The molecule has 0 bridgehead atoms. The summed E-state index contributed by atoms with van der Waals surface area (Å²) in [5, 5.41) is 3.34. The fraction of sp³-hybridized carbons (Fsp3) is 0.600. The van der Waals surface area contributed by atoms with Crippen LogP contribution in [0.25, 0.3) is 10.4 Å². The largest absolute Gasteiger partial charge is 0.490 e. The number of aromatic nitrogens is 2. The van der Waals surface area contributed by atoms with Gasteiger partial charge in [0, 0.05) is 16.7 Å². The SMILES string of the molecule is Cc1cn([C@@H]2O[C@H](C)[C@@H](N=[N+]=[N-])C2OP(=O)(O)OP(=O)(O)OP(=O)(O)O)c(=O)[nH]c1=O. The van der Waals surface area contributed by atoms with E-state index in [4.69, 9.17) is 24.6 Å². The molecule has 31 heavy (non-hydrogen) atoms. The Bertz CT molecular complexity index is 1150. The van der Waals surface area contributed by atoms with Gasteiger partial charge in [-0.25, -0.2) is 18.5 Å². The fourth-order valence-corrected chi connectivity index (χ4v) is 5.80. The van der Waals surface area contributed by atoms with Crippen LogP contribution < -0.4 is 11.2 Å². The highest BCUT2D eigenvalue weighted by atomic mass is 31.3. The number of phosphoric acid groups is 3. The number of hydrogen-bond donors (Lipinski definition) is 5. The average molecular weight is 507 g/mol. The Kier molecular flexibility index (Phi) is 7.50. The number of aryl methyl sites for hydroxylation is 1. The zero-order chi connectivity index (χ0) is 23.8. The van der Waals surface area contributed by atoms with Crippen molar-refractivity contribution in [2.24, 2.45) is 5.11 Å². The van der Waals surface area contributed by atoms with E-state index in [1.165, 1.54) is 13.8 Å². The summed E-state index contributed by atoms with van der Waals surface area (Å²) in [5.74, 6) is 0. The van der Waals surface area contributed by atoms with Crippen molar-refractivity contribution in [3.8, 4) is 0 Å². The molecule has 1 fully saturated rings. The Balaban J connectivity index is 2.44. The summed E-state index contributed by atoms with van der Waals surface area (Å²) >= 11 is 0. The maximum Gasteiger partial charge on any atom is 0.490 e. The number of phosphoric ester groups is 1. The van der Waals surface area contributed by atoms with Crippen molar-refractivity contribution in [3.05, 3.63) is 43.0 Å². The van der Waals surface area contributed by atoms with E-state index in [-0.39, 0.29) is 5.56 Å². The molecule has 2 rings (SSSR count). The average Bonchev–Trinajstić information content (AvgIpc) is 2.83. The Labute approximate surface area is 171 Å². The maximum absolute atomic E-state index is 12.2. The van der Waals surface area contributed by atoms with Crippen LogP contribution in [0.4, 0.5) is 0 Å². The minimum Gasteiger partial charge on any atom is -0.352 e. The number of rotatable bonds is 8. The molecule has 1 aromatic rings. The van der Waals surface area contributed by atoms with Gasteiger partial charge in [-0.3, -0.25) is 18.9 Å². The molecule has 0 amide bonds. The van der Waals surface area contributed by atoms with Crippen molar-refractivity contribution in [1.29, 1.82) is 0 Å². The Morgan fingerprint density at radius 3 is 2.35 bits per heavy atom. The smallest absolute Gasteiger partial charge is 0.352 e. The molecule has 1 aromatic heterocycles. The fourth-order valence-electron chi connectivity index (χ4n) is 2.60. The molecule has 0 radical (unpaired) electrons. The lowest BCUT2D eigenvalue weighted by atomic mass is 10.1. The van der Waals surface area contributed by atoms with Crippen molar-refractivity contribution in [3.63, 3.8) is 0 Å². The van der Waals surface area contributed by atoms with Crippen molar-refractivity contribution in [1.82, 2.24) is 9.55 Å². The first-order valence-corrected chi connectivity index (χ1v) is 12.4. The molecule has 18 nitrogen and oxygen atoms in total. The van der Waals surface area contributed by atoms with E-state index >= 15 is 0 Å². The van der Waals surface area contributed by atoms with Crippen molar-refractivity contribution in [2.75, 3.05) is 0 Å². The lowest BCUT2D eigenvalue weighted by Crippen LogP contribution is -2.38. The van der Waals surface area contributed by atoms with E-state index in [2.05, 4.69) is 18.6 Å². The van der Waals surface area contributed by atoms with Crippen LogP contribution in [0.5, 0.6) is 0 Å². The maximum atomic E-state index is 12.2. The number of hydrogen-bond acceptors (Lipinski definition) is 10. The van der Waals surface area contributed by atoms with Crippen LogP contribution >= 0.6 is 23.5 Å². The predicted octanol–water partition coefficient (Wildman–Crippen LogP) is 0.153. The number of ether oxygens (including phenoxy) is 1. The number of aromatic amines is 1. The van der Waals surface area contributed by atoms with Gasteiger partial charge in [0.25, 0.3) is 5.56 Å². The van der Waals surface area contributed by atoms with Gasteiger partial charge in [-0.15, -0.1) is 0 Å². The summed E-state index contributed by atoms with van der Waals surface area (Å²) in [4.78, 5) is 64.5. The number of azide groups is 1. The zero-order valence-electron chi connectivity index (χ0n) is 15.5. The summed E-state index contributed by atoms with van der Waals surface area (Å²) in [5.41, 5.74) is 7.01. The Hall–Kier alpha value is -1.64. The van der Waals surface area contributed by atoms with Gasteiger partial charge in [0.1, 0.15) is 6.10 Å². The number of H-pyrrole nitrogens is 1. The second kappa shape index (κ2) is 9.08. The zero-order valence-corrected chi connectivity index (χ0v) is 18.2. The Morgan fingerprint density at radius 2 is 1.81 bits per heavy atom. The Morgan fingerprint density at radius 1 is 1.19 bits per heavy atom. The first-order chi connectivity index (χ1) is 14.1. The van der Waals surface area contributed by atoms with Crippen LogP contribution in [0.15, 0.2) is 20.9 Å². The highest BCUT2D eigenvalue weighted by Crippen LogP contribution is 2.67. The van der Waals surface area contributed by atoms with E-state index in [1.54, 1.807) is 0 Å². The molecule has 0 saturated carbocycles. The third-order valence-electron chi connectivity index (χ3n) is 3.73. The first kappa shape index (κ1) is 25.6. The second-order valence-electron chi connectivity index (χ2n) is 6.07. The summed E-state index contributed by atoms with van der Waals surface area (Å²) < 4.78 is 52.7. The van der Waals surface area contributed by atoms with Gasteiger partial charge in [-0.1, -0.05) is 5.11 Å². The topological polar surface area (TPSA) is 273 Å². The molecule has 5 N–H and O–H groups in total. The molecular weight excluding hydrogens is 491 g/mol. The predicted molar refractivity (Wildman–Crippen MR) is 97.3 cm³/mol. The van der Waals surface area contributed by atoms with Gasteiger partial charge in [-0.2, -0.15) is 8.62 Å². The van der Waals surface area contributed by atoms with Gasteiger partial charge in [0.2, 0.25) is 0 Å². The third kappa shape index (κ3) is 6.67. The normalized spacial score (nSPS) is 27.8. The summed E-state index contributed by atoms with van der Waals surface area (Å²) in [6, 6.07) is -1.39. The van der Waals surface area contributed by atoms with Crippen LogP contribution in [0.2, 0.25) is 0 Å². The standard InChI is InChI=1S/C10H16N5O13P3/c1-4-3-15(10(17)12-8(4)16)9-7(6(13-14-11)5(2)25-9)26-30(21,22)28-31(23,24)27-29(18,19)20/h3,5-7,9H,1-2H3,(H,21,22)(H,23,24)(H,12,16,17)(H2,18,19,20)/t5-,6-,7?,9-/m1/s1. The van der Waals surface area contributed by atoms with Crippen LogP contribution in [0.3, 0.4) is 0 Å². The molecule has 0 aliphatic carbocycles. The molecular formula is C10H16N5O13P3. The molecule has 1 aliphatic rings. The molecule has 174 valence electrons. The van der Waals surface area contributed by atoms with Crippen LogP contribution in [0.1, 0.15) is 18.7 Å². The molecule has 0 spiro atoms. The highest BCUT2D eigenvalue weighted by Gasteiger charge is 2.50. The van der Waals surface area contributed by atoms with E-state index < -0.39 is 59.2 Å². The minimum absolute atomic E-state index is 0.0279. The van der Waals surface area contributed by atoms with Crippen molar-refractivity contribution < 1.29 is 51.2 Å². The van der Waals surface area contributed by atoms with Gasteiger partial charge < -0.3 is 24.3 Å². The van der Waals surface area contributed by atoms with E-state index in [0.29, 0.717) is 0 Å². The van der Waals surface area contributed by atoms with E-state index in [1.807, 2.05) is 4.98 Å². The van der Waals surface area contributed by atoms with Crippen LogP contribution in [-0.4, -0.2) is 47.4 Å². The monoisotopic (exact) mass is 507 g/mol. The van der Waals surface area contributed by atoms with E-state index in [0.717, 1.165) is 10.8 Å². The van der Waals surface area contributed by atoms with Crippen molar-refractivity contribution in [2.45, 2.75) is 38.3 Å². The lowest BCUT2D eigenvalue weighted by Gasteiger charge is -2.25. The van der Waals surface area contributed by atoms with Crippen LogP contribution in [0, 0.1) is 6.92 Å². The summed E-state index contributed by atoms with van der Waals surface area (Å²) in [6.45, 7) is 2.67. The molecule has 6 atom stereocenters. The minimum atomic E-state index is -5.82. The van der Waals surface area contributed by atoms with Crippen LogP contribution in [-0.2, 0) is 31.6 Å². The molecule has 1 aliphatic heterocycles. The quantitative estimate of drug-likeness (QED) is 0.136. The first-order valence-electron chi connectivity index (χ1n) is 7.89. The van der Waals surface area contributed by atoms with Crippen molar-refractivity contribution >= 4 is 23.5 Å². The van der Waals surface area contributed by atoms with E-state index in [9.17, 15) is 33.1 Å². The van der Waals surface area contributed by atoms with Gasteiger partial charge >= 0.3 is 29.2 Å². The van der Waals surface area contributed by atoms with Gasteiger partial charge in [0.15, 0.2) is 6.23 Å². The second-order valence-corrected chi connectivity index (χ2v) is 10.4. The molecule has 1 saturated heterocycles. The highest BCUT2D eigenvalue weighted by molar-refractivity contribution is 7.66. The molecule has 21 heteroatoms. The third-order valence-corrected chi connectivity index (χ3v) is 7.57. The van der Waals surface area contributed by atoms with Gasteiger partial charge in [-0.05, 0) is 19.4 Å². The number of nitrogens with zero attached hydrogens (tertiary/aromatic N) is 4. The lowest BCUT2D eigenvalue weighted by molar-refractivity contribution is -0.0341. The number of nitrogens with one attached hydrogen (secondary N) is 1. The summed E-state index contributed by atoms with van der Waals surface area (Å²) in [7, 11) is -17.1.